The number of urea groups is 1. The minimum Gasteiger partial charge on any atom is -0.439 e. The van der Waals surface area contributed by atoms with Crippen LogP contribution in [-0.4, -0.2) is 17.1 Å². The van der Waals surface area contributed by atoms with Gasteiger partial charge in [0.25, 0.3) is 0 Å². The predicted molar refractivity (Wildman–Crippen MR) is 88.3 cm³/mol. The summed E-state index contributed by atoms with van der Waals surface area (Å²) in [6.07, 6.45) is 6.11. The van der Waals surface area contributed by atoms with Crippen molar-refractivity contribution in [3.05, 3.63) is 54.0 Å². The average molecular weight is 329 g/mol. The monoisotopic (exact) mass is 329 g/mol. The van der Waals surface area contributed by atoms with Crippen molar-refractivity contribution < 1.29 is 13.9 Å². The molecule has 1 saturated carbocycles. The van der Waals surface area contributed by atoms with E-state index in [2.05, 4.69) is 15.6 Å². The third kappa shape index (κ3) is 4.68. The summed E-state index contributed by atoms with van der Waals surface area (Å²) in [5.41, 5.74) is 0.864. The minimum absolute atomic E-state index is 0.151. The number of ether oxygens (including phenoxy) is 1. The molecule has 1 aromatic heterocycles. The van der Waals surface area contributed by atoms with Gasteiger partial charge >= 0.3 is 6.03 Å². The van der Waals surface area contributed by atoms with Crippen LogP contribution in [0.3, 0.4) is 0 Å². The molecule has 2 N–H and O–H groups in total. The zero-order chi connectivity index (χ0) is 16.8. The van der Waals surface area contributed by atoms with Crippen LogP contribution in [0, 0.1) is 5.82 Å². The number of pyridine rings is 1. The van der Waals surface area contributed by atoms with Crippen molar-refractivity contribution in [2.24, 2.45) is 0 Å². The van der Waals surface area contributed by atoms with Crippen LogP contribution in [0.5, 0.6) is 11.6 Å². The van der Waals surface area contributed by atoms with Gasteiger partial charge < -0.3 is 15.4 Å². The number of amides is 2. The summed E-state index contributed by atoms with van der Waals surface area (Å²) >= 11 is 0. The Kier molecular flexibility index (Phi) is 5.25. The number of hydrogen-bond donors (Lipinski definition) is 2. The minimum atomic E-state index is -0.360. The molecule has 0 unspecified atom stereocenters. The van der Waals surface area contributed by atoms with Crippen LogP contribution in [0.4, 0.5) is 9.18 Å². The Bertz CT molecular complexity index is 685. The van der Waals surface area contributed by atoms with Gasteiger partial charge in [-0.3, -0.25) is 0 Å². The van der Waals surface area contributed by atoms with Crippen LogP contribution in [0.15, 0.2) is 42.6 Å². The number of benzene rings is 1. The van der Waals surface area contributed by atoms with Gasteiger partial charge in [0, 0.05) is 30.9 Å². The van der Waals surface area contributed by atoms with E-state index in [9.17, 15) is 9.18 Å². The highest BCUT2D eigenvalue weighted by atomic mass is 19.1. The Morgan fingerprint density at radius 3 is 2.79 bits per heavy atom. The summed E-state index contributed by atoms with van der Waals surface area (Å²) in [6, 6.07) is 9.54. The Morgan fingerprint density at radius 2 is 2.08 bits per heavy atom. The van der Waals surface area contributed by atoms with Crippen molar-refractivity contribution in [2.75, 3.05) is 0 Å². The summed E-state index contributed by atoms with van der Waals surface area (Å²) in [6.45, 7) is 0.395. The summed E-state index contributed by atoms with van der Waals surface area (Å²) in [5.74, 6) is 0.408. The van der Waals surface area contributed by atoms with Crippen molar-refractivity contribution >= 4 is 6.03 Å². The number of nitrogens with one attached hydrogen (secondary N) is 2. The summed E-state index contributed by atoms with van der Waals surface area (Å²) in [4.78, 5) is 16.0. The third-order valence-electron chi connectivity index (χ3n) is 3.96. The zero-order valence-corrected chi connectivity index (χ0v) is 13.3. The first kappa shape index (κ1) is 16.2. The van der Waals surface area contributed by atoms with Gasteiger partial charge in [-0.2, -0.15) is 0 Å². The number of rotatable bonds is 5. The number of aromatic nitrogens is 1. The first-order chi connectivity index (χ1) is 11.7. The van der Waals surface area contributed by atoms with E-state index in [1.165, 1.54) is 25.0 Å². The van der Waals surface area contributed by atoms with E-state index in [4.69, 9.17) is 4.74 Å². The van der Waals surface area contributed by atoms with Crippen molar-refractivity contribution in [3.63, 3.8) is 0 Å². The fraction of sp³-hybridized carbons (Fsp3) is 0.333. The Labute approximate surface area is 140 Å². The molecule has 0 atom stereocenters. The first-order valence-electron chi connectivity index (χ1n) is 8.12. The molecule has 6 heteroatoms. The van der Waals surface area contributed by atoms with E-state index in [1.54, 1.807) is 24.4 Å². The molecule has 5 nitrogen and oxygen atoms in total. The maximum absolute atomic E-state index is 13.1. The second kappa shape index (κ2) is 7.77. The molecule has 0 radical (unpaired) electrons. The van der Waals surface area contributed by atoms with Crippen LogP contribution in [-0.2, 0) is 6.54 Å². The largest absolute Gasteiger partial charge is 0.439 e. The van der Waals surface area contributed by atoms with E-state index in [-0.39, 0.29) is 11.8 Å². The zero-order valence-electron chi connectivity index (χ0n) is 13.3. The molecule has 1 aromatic carbocycles. The Hall–Kier alpha value is -2.63. The SMILES string of the molecule is O=C(NCc1ccc(Oc2cccc(F)c2)nc1)NC1CCCC1. The molecule has 0 aliphatic heterocycles. The molecule has 126 valence electrons. The molecule has 2 amide bonds. The van der Waals surface area contributed by atoms with E-state index in [0.29, 0.717) is 24.2 Å². The lowest BCUT2D eigenvalue weighted by molar-refractivity contribution is 0.236. The molecule has 0 saturated heterocycles. The lowest BCUT2D eigenvalue weighted by atomic mass is 10.2. The highest BCUT2D eigenvalue weighted by Crippen LogP contribution is 2.20. The van der Waals surface area contributed by atoms with Gasteiger partial charge in [-0.15, -0.1) is 0 Å². The number of nitrogens with zero attached hydrogens (tertiary/aromatic N) is 1. The van der Waals surface area contributed by atoms with Gasteiger partial charge in [0.15, 0.2) is 0 Å². The van der Waals surface area contributed by atoms with E-state index < -0.39 is 0 Å². The van der Waals surface area contributed by atoms with Crippen LogP contribution in [0.25, 0.3) is 0 Å². The maximum atomic E-state index is 13.1. The highest BCUT2D eigenvalue weighted by Gasteiger charge is 2.16. The van der Waals surface area contributed by atoms with Gasteiger partial charge in [0.1, 0.15) is 11.6 Å². The highest BCUT2D eigenvalue weighted by molar-refractivity contribution is 5.74. The molecular weight excluding hydrogens is 309 g/mol. The van der Waals surface area contributed by atoms with Crippen molar-refractivity contribution in [1.82, 2.24) is 15.6 Å². The summed E-state index contributed by atoms with van der Waals surface area (Å²) in [5, 5.41) is 5.79. The summed E-state index contributed by atoms with van der Waals surface area (Å²) < 4.78 is 18.6. The second-order valence-electron chi connectivity index (χ2n) is 5.87. The first-order valence-corrected chi connectivity index (χ1v) is 8.12. The van der Waals surface area contributed by atoms with Crippen LogP contribution in [0.2, 0.25) is 0 Å². The van der Waals surface area contributed by atoms with Crippen molar-refractivity contribution in [3.8, 4) is 11.6 Å². The van der Waals surface area contributed by atoms with Crippen molar-refractivity contribution in [1.29, 1.82) is 0 Å². The number of carbonyl (C=O) groups is 1. The topological polar surface area (TPSA) is 63.2 Å². The molecule has 2 aromatic rings. The fourth-order valence-corrected chi connectivity index (χ4v) is 2.72. The smallest absolute Gasteiger partial charge is 0.315 e. The quantitative estimate of drug-likeness (QED) is 0.878. The summed E-state index contributed by atoms with van der Waals surface area (Å²) in [7, 11) is 0. The third-order valence-corrected chi connectivity index (χ3v) is 3.96. The molecule has 3 rings (SSSR count). The van der Waals surface area contributed by atoms with E-state index >= 15 is 0 Å². The van der Waals surface area contributed by atoms with Crippen LogP contribution in [0.1, 0.15) is 31.2 Å². The number of carbonyl (C=O) groups excluding carboxylic acids is 1. The van der Waals surface area contributed by atoms with Gasteiger partial charge in [-0.25, -0.2) is 14.2 Å². The molecule has 24 heavy (non-hydrogen) atoms. The van der Waals surface area contributed by atoms with E-state index in [1.807, 2.05) is 6.07 Å². The van der Waals surface area contributed by atoms with Gasteiger partial charge in [-0.1, -0.05) is 25.0 Å². The lowest BCUT2D eigenvalue weighted by Crippen LogP contribution is -2.40. The predicted octanol–water partition coefficient (Wildman–Crippen LogP) is 3.75. The second-order valence-corrected chi connectivity index (χ2v) is 5.87. The van der Waals surface area contributed by atoms with Gasteiger partial charge in [0.2, 0.25) is 5.88 Å². The normalized spacial score (nSPS) is 14.4. The average Bonchev–Trinajstić information content (AvgIpc) is 3.07. The molecule has 1 aliphatic carbocycles. The van der Waals surface area contributed by atoms with E-state index in [0.717, 1.165) is 18.4 Å². The standard InChI is InChI=1S/C18H20FN3O2/c19-14-4-3-7-16(10-14)24-17-9-8-13(11-20-17)12-21-18(23)22-15-5-1-2-6-15/h3-4,7-11,15H,1-2,5-6,12H2,(H2,21,22,23). The van der Waals surface area contributed by atoms with Crippen molar-refractivity contribution in [2.45, 2.75) is 38.3 Å². The van der Waals surface area contributed by atoms with Crippen LogP contribution < -0.4 is 15.4 Å². The molecule has 1 heterocycles. The maximum Gasteiger partial charge on any atom is 0.315 e. The number of hydrogen-bond acceptors (Lipinski definition) is 3. The Balaban J connectivity index is 1.48. The lowest BCUT2D eigenvalue weighted by Gasteiger charge is -2.13. The molecule has 0 spiro atoms. The van der Waals surface area contributed by atoms with Crippen LogP contribution >= 0.6 is 0 Å². The van der Waals surface area contributed by atoms with Gasteiger partial charge in [0.05, 0.1) is 0 Å². The Morgan fingerprint density at radius 1 is 1.25 bits per heavy atom. The fourth-order valence-electron chi connectivity index (χ4n) is 2.72. The molecule has 1 aliphatic rings. The van der Waals surface area contributed by atoms with Gasteiger partial charge in [-0.05, 0) is 30.5 Å². The molecular formula is C18H20FN3O2. The number of halogens is 1. The molecule has 0 bridgehead atoms. The molecule has 1 fully saturated rings.